The van der Waals surface area contributed by atoms with Crippen LogP contribution < -0.4 is 14.8 Å². The molecule has 0 aromatic heterocycles. The minimum atomic E-state index is -0.173. The molecule has 0 aliphatic heterocycles. The van der Waals surface area contributed by atoms with E-state index in [0.717, 1.165) is 0 Å². The Hall–Kier alpha value is -1.36. The van der Waals surface area contributed by atoms with Crippen molar-refractivity contribution in [3.8, 4) is 11.5 Å². The van der Waals surface area contributed by atoms with Crippen LogP contribution in [0.3, 0.4) is 0 Å². The third-order valence-corrected chi connectivity index (χ3v) is 2.07. The molecule has 0 heterocycles. The van der Waals surface area contributed by atoms with E-state index in [9.17, 15) is 4.79 Å². The Morgan fingerprint density at radius 3 is 2.20 bits per heavy atom. The zero-order valence-electron chi connectivity index (χ0n) is 8.61. The SMILES string of the molecule is COc1cc(NC(=O)CS)cc(OC)c1. The molecule has 0 aliphatic rings. The number of hydrogen-bond donors (Lipinski definition) is 2. The predicted octanol–water partition coefficient (Wildman–Crippen LogP) is 1.57. The number of ether oxygens (including phenoxy) is 2. The average Bonchev–Trinajstić information content (AvgIpc) is 2.28. The van der Waals surface area contributed by atoms with Gasteiger partial charge in [-0.1, -0.05) is 0 Å². The van der Waals surface area contributed by atoms with Gasteiger partial charge in [-0.3, -0.25) is 4.79 Å². The van der Waals surface area contributed by atoms with Crippen LogP contribution in [0.1, 0.15) is 0 Å². The summed E-state index contributed by atoms with van der Waals surface area (Å²) in [6.07, 6.45) is 0. The Morgan fingerprint density at radius 1 is 1.27 bits per heavy atom. The van der Waals surface area contributed by atoms with Crippen LogP contribution in [0.2, 0.25) is 0 Å². The quantitative estimate of drug-likeness (QED) is 0.768. The van der Waals surface area contributed by atoms with Gasteiger partial charge < -0.3 is 14.8 Å². The van der Waals surface area contributed by atoms with E-state index in [1.54, 1.807) is 32.4 Å². The van der Waals surface area contributed by atoms with Gasteiger partial charge in [0.05, 0.1) is 20.0 Å². The summed E-state index contributed by atoms with van der Waals surface area (Å²) in [4.78, 5) is 11.1. The summed E-state index contributed by atoms with van der Waals surface area (Å²) >= 11 is 3.87. The lowest BCUT2D eigenvalue weighted by molar-refractivity contribution is -0.113. The summed E-state index contributed by atoms with van der Waals surface area (Å²) in [7, 11) is 3.11. The third kappa shape index (κ3) is 3.36. The normalized spacial score (nSPS) is 9.53. The van der Waals surface area contributed by atoms with Gasteiger partial charge in [0, 0.05) is 23.9 Å². The Bertz CT molecular complexity index is 332. The molecule has 1 aromatic carbocycles. The molecule has 0 unspecified atom stereocenters. The number of carbonyl (C=O) groups excluding carboxylic acids is 1. The fraction of sp³-hybridized carbons (Fsp3) is 0.300. The summed E-state index contributed by atoms with van der Waals surface area (Å²) in [5.74, 6) is 1.22. The van der Waals surface area contributed by atoms with Crippen molar-refractivity contribution in [3.05, 3.63) is 18.2 Å². The standard InChI is InChI=1S/C10H13NO3S/c1-13-8-3-7(11-10(12)6-15)4-9(5-8)14-2/h3-5,15H,6H2,1-2H3,(H,11,12). The lowest BCUT2D eigenvalue weighted by atomic mass is 10.2. The molecule has 0 saturated heterocycles. The van der Waals surface area contributed by atoms with Crippen molar-refractivity contribution in [2.45, 2.75) is 0 Å². The Labute approximate surface area is 94.0 Å². The van der Waals surface area contributed by atoms with E-state index in [0.29, 0.717) is 17.2 Å². The van der Waals surface area contributed by atoms with Crippen molar-refractivity contribution < 1.29 is 14.3 Å². The summed E-state index contributed by atoms with van der Waals surface area (Å²) in [5.41, 5.74) is 0.630. The maximum absolute atomic E-state index is 11.1. The van der Waals surface area contributed by atoms with E-state index < -0.39 is 0 Å². The molecule has 0 atom stereocenters. The van der Waals surface area contributed by atoms with Crippen LogP contribution in [-0.4, -0.2) is 25.9 Å². The molecule has 1 N–H and O–H groups in total. The van der Waals surface area contributed by atoms with Crippen LogP contribution in [0.4, 0.5) is 5.69 Å². The molecule has 0 saturated carbocycles. The molecule has 0 spiro atoms. The topological polar surface area (TPSA) is 47.6 Å². The fourth-order valence-corrected chi connectivity index (χ4v) is 1.16. The molecule has 15 heavy (non-hydrogen) atoms. The summed E-state index contributed by atoms with van der Waals surface area (Å²) in [5, 5.41) is 2.67. The molecule has 0 radical (unpaired) electrons. The van der Waals surface area contributed by atoms with E-state index in [1.165, 1.54) is 0 Å². The Kier molecular flexibility index (Phi) is 4.30. The second-order valence-corrected chi connectivity index (χ2v) is 3.12. The van der Waals surface area contributed by atoms with Crippen LogP contribution in [0.15, 0.2) is 18.2 Å². The number of thiol groups is 1. The van der Waals surface area contributed by atoms with Crippen molar-refractivity contribution in [1.82, 2.24) is 0 Å². The van der Waals surface area contributed by atoms with E-state index in [-0.39, 0.29) is 11.7 Å². The molecule has 0 bridgehead atoms. The summed E-state index contributed by atoms with van der Waals surface area (Å²) < 4.78 is 10.1. The van der Waals surface area contributed by atoms with Crippen LogP contribution in [0.5, 0.6) is 11.5 Å². The molecule has 4 nitrogen and oxygen atoms in total. The van der Waals surface area contributed by atoms with Gasteiger partial charge in [0.1, 0.15) is 11.5 Å². The first kappa shape index (κ1) is 11.7. The van der Waals surface area contributed by atoms with Gasteiger partial charge in [-0.15, -0.1) is 0 Å². The van der Waals surface area contributed by atoms with Crippen LogP contribution in [0.25, 0.3) is 0 Å². The minimum Gasteiger partial charge on any atom is -0.497 e. The number of anilines is 1. The maximum Gasteiger partial charge on any atom is 0.234 e. The molecule has 1 aromatic rings. The van der Waals surface area contributed by atoms with E-state index >= 15 is 0 Å². The van der Waals surface area contributed by atoms with Crippen molar-refractivity contribution >= 4 is 24.2 Å². The third-order valence-electron chi connectivity index (χ3n) is 1.78. The van der Waals surface area contributed by atoms with E-state index in [4.69, 9.17) is 9.47 Å². The number of methoxy groups -OCH3 is 2. The molecule has 82 valence electrons. The fourth-order valence-electron chi connectivity index (χ4n) is 1.08. The monoisotopic (exact) mass is 227 g/mol. The molecule has 0 aliphatic carbocycles. The lowest BCUT2D eigenvalue weighted by Gasteiger charge is -2.08. The number of hydrogen-bond acceptors (Lipinski definition) is 4. The second-order valence-electron chi connectivity index (χ2n) is 2.81. The minimum absolute atomic E-state index is 0.138. The number of benzene rings is 1. The maximum atomic E-state index is 11.1. The van der Waals surface area contributed by atoms with Gasteiger partial charge in [-0.25, -0.2) is 0 Å². The van der Waals surface area contributed by atoms with Crippen molar-refractivity contribution in [2.75, 3.05) is 25.3 Å². The first-order chi connectivity index (χ1) is 7.19. The van der Waals surface area contributed by atoms with Crippen LogP contribution >= 0.6 is 12.6 Å². The predicted molar refractivity (Wildman–Crippen MR) is 62.0 cm³/mol. The van der Waals surface area contributed by atoms with Gasteiger partial charge in [-0.05, 0) is 0 Å². The number of nitrogens with one attached hydrogen (secondary N) is 1. The van der Waals surface area contributed by atoms with Gasteiger partial charge in [0.15, 0.2) is 0 Å². The molecule has 0 fully saturated rings. The molecular formula is C10H13NO3S. The largest absolute Gasteiger partial charge is 0.497 e. The van der Waals surface area contributed by atoms with Crippen molar-refractivity contribution in [3.63, 3.8) is 0 Å². The second kappa shape index (κ2) is 5.50. The smallest absolute Gasteiger partial charge is 0.234 e. The lowest BCUT2D eigenvalue weighted by Crippen LogP contribution is -2.12. The highest BCUT2D eigenvalue weighted by Gasteiger charge is 2.04. The first-order valence-corrected chi connectivity index (χ1v) is 4.96. The van der Waals surface area contributed by atoms with Gasteiger partial charge in [0.2, 0.25) is 5.91 Å². The van der Waals surface area contributed by atoms with E-state index in [1.807, 2.05) is 0 Å². The van der Waals surface area contributed by atoms with Gasteiger partial charge in [0.25, 0.3) is 0 Å². The highest BCUT2D eigenvalue weighted by Crippen LogP contribution is 2.25. The van der Waals surface area contributed by atoms with Gasteiger partial charge >= 0.3 is 0 Å². The van der Waals surface area contributed by atoms with Crippen LogP contribution in [0, 0.1) is 0 Å². The van der Waals surface area contributed by atoms with E-state index in [2.05, 4.69) is 17.9 Å². The zero-order chi connectivity index (χ0) is 11.3. The summed E-state index contributed by atoms with van der Waals surface area (Å²) in [6, 6.07) is 5.16. The Balaban J connectivity index is 2.91. The first-order valence-electron chi connectivity index (χ1n) is 4.33. The van der Waals surface area contributed by atoms with Crippen LogP contribution in [-0.2, 0) is 4.79 Å². The number of amides is 1. The molecule has 1 amide bonds. The van der Waals surface area contributed by atoms with Crippen molar-refractivity contribution in [2.24, 2.45) is 0 Å². The number of rotatable bonds is 4. The highest BCUT2D eigenvalue weighted by molar-refractivity contribution is 7.81. The van der Waals surface area contributed by atoms with Gasteiger partial charge in [-0.2, -0.15) is 12.6 Å². The Morgan fingerprint density at radius 2 is 1.80 bits per heavy atom. The molecule has 5 heteroatoms. The zero-order valence-corrected chi connectivity index (χ0v) is 9.51. The average molecular weight is 227 g/mol. The summed E-state index contributed by atoms with van der Waals surface area (Å²) in [6.45, 7) is 0. The number of carbonyl (C=O) groups is 1. The van der Waals surface area contributed by atoms with Crippen molar-refractivity contribution in [1.29, 1.82) is 0 Å². The highest BCUT2D eigenvalue weighted by atomic mass is 32.1. The molecule has 1 rings (SSSR count). The molecular weight excluding hydrogens is 214 g/mol.